The van der Waals surface area contributed by atoms with Crippen LogP contribution >= 0.6 is 0 Å². The predicted molar refractivity (Wildman–Crippen MR) is 172 cm³/mol. The number of hydrogen-bond donors (Lipinski definition) is 0. The summed E-state index contributed by atoms with van der Waals surface area (Å²) >= 11 is 0. The molecular weight excluding hydrogens is 420 g/mol. The maximum atomic E-state index is 2.25. The van der Waals surface area contributed by atoms with Gasteiger partial charge in [0.1, 0.15) is 0 Å². The van der Waals surface area contributed by atoms with Gasteiger partial charge in [0.05, 0.1) is 0 Å². The largest absolute Gasteiger partial charge is 0.0654 e. The van der Waals surface area contributed by atoms with Gasteiger partial charge in [-0.2, -0.15) is 0 Å². The highest BCUT2D eigenvalue weighted by Gasteiger charge is 1.82. The van der Waals surface area contributed by atoms with Gasteiger partial charge in [0.2, 0.25) is 0 Å². The van der Waals surface area contributed by atoms with Gasteiger partial charge in [0, 0.05) is 0 Å². The summed E-state index contributed by atoms with van der Waals surface area (Å²) in [7, 11) is 0. The molecule has 0 saturated carbocycles. The second-order valence-corrected chi connectivity index (χ2v) is 10.3. The lowest BCUT2D eigenvalue weighted by Crippen LogP contribution is -1.70. The number of hydrogen-bond acceptors (Lipinski definition) is 0. The van der Waals surface area contributed by atoms with Gasteiger partial charge < -0.3 is 0 Å². The topological polar surface area (TPSA) is 0 Å². The van der Waals surface area contributed by atoms with Crippen LogP contribution in [0.2, 0.25) is 0 Å². The average molecular weight is 501 g/mol. The zero-order chi connectivity index (χ0) is 27.7. The molecule has 0 heteroatoms. The maximum Gasteiger partial charge on any atom is -0.0533 e. The molecule has 35 heavy (non-hydrogen) atoms. The Labute approximate surface area is 229 Å². The lowest BCUT2D eigenvalue weighted by Gasteiger charge is -1.90. The minimum atomic E-state index is 1.36. The first kappa shape index (κ1) is 45.0. The van der Waals surface area contributed by atoms with E-state index in [0.717, 1.165) is 0 Å². The molecule has 0 bridgehead atoms. The molecule has 0 radical (unpaired) electrons. The molecule has 0 aliphatic carbocycles. The molecule has 0 spiro atoms. The first-order valence-electron chi connectivity index (χ1n) is 17.1. The predicted octanol–water partition coefficient (Wildman–Crippen LogP) is 14.9. The standard InChI is InChI=1S/5C7H16/c5*1-3-5-7-6-4-2/h5*3-7H2,1-2H3. The van der Waals surface area contributed by atoms with Crippen LogP contribution in [0.3, 0.4) is 0 Å². The molecule has 0 fully saturated rings. The second-order valence-electron chi connectivity index (χ2n) is 10.3. The molecule has 0 atom stereocenters. The zero-order valence-electron chi connectivity index (χ0n) is 27.7. The Morgan fingerprint density at radius 3 is 0.286 bits per heavy atom. The Balaban J connectivity index is -0.000000107. The number of rotatable bonds is 20. The van der Waals surface area contributed by atoms with Crippen molar-refractivity contribution in [3.63, 3.8) is 0 Å². The van der Waals surface area contributed by atoms with Gasteiger partial charge in [-0.3, -0.25) is 0 Å². The van der Waals surface area contributed by atoms with E-state index in [1.165, 1.54) is 161 Å². The van der Waals surface area contributed by atoms with Crippen molar-refractivity contribution in [1.29, 1.82) is 0 Å². The zero-order valence-corrected chi connectivity index (χ0v) is 27.7. The Hall–Kier alpha value is 0. The van der Waals surface area contributed by atoms with Crippen LogP contribution in [0.15, 0.2) is 0 Å². The molecule has 0 aromatic carbocycles. The lowest BCUT2D eigenvalue weighted by atomic mass is 10.2. The molecule has 220 valence electrons. The van der Waals surface area contributed by atoms with Crippen LogP contribution in [0.5, 0.6) is 0 Å². The van der Waals surface area contributed by atoms with Gasteiger partial charge in [-0.1, -0.05) is 230 Å². The van der Waals surface area contributed by atoms with Crippen LogP contribution in [0.1, 0.15) is 230 Å². The van der Waals surface area contributed by atoms with Gasteiger partial charge in [-0.15, -0.1) is 0 Å². The summed E-state index contributed by atoms with van der Waals surface area (Å²) in [5, 5.41) is 0. The van der Waals surface area contributed by atoms with Gasteiger partial charge in [-0.25, -0.2) is 0 Å². The molecule has 0 unspecified atom stereocenters. The molecule has 0 nitrogen and oxygen atoms in total. The third kappa shape index (κ3) is 87.0. The van der Waals surface area contributed by atoms with Gasteiger partial charge >= 0.3 is 0 Å². The normalized spacial score (nSPS) is 9.43. The van der Waals surface area contributed by atoms with Crippen molar-refractivity contribution in [2.75, 3.05) is 0 Å². The quantitative estimate of drug-likeness (QED) is 0.146. The van der Waals surface area contributed by atoms with Crippen molar-refractivity contribution < 1.29 is 0 Å². The molecule has 0 amide bonds. The van der Waals surface area contributed by atoms with E-state index in [-0.39, 0.29) is 0 Å². The van der Waals surface area contributed by atoms with E-state index in [1.807, 2.05) is 0 Å². The van der Waals surface area contributed by atoms with E-state index in [1.54, 1.807) is 0 Å². The molecule has 0 N–H and O–H groups in total. The van der Waals surface area contributed by atoms with Gasteiger partial charge in [-0.05, 0) is 0 Å². The first-order chi connectivity index (χ1) is 17.1. The Kier molecular flexibility index (Phi) is 76.1. The minimum Gasteiger partial charge on any atom is -0.0654 e. The van der Waals surface area contributed by atoms with E-state index in [0.29, 0.717) is 0 Å². The highest BCUT2D eigenvalue weighted by Crippen LogP contribution is 2.02. The monoisotopic (exact) mass is 501 g/mol. The van der Waals surface area contributed by atoms with E-state index >= 15 is 0 Å². The summed E-state index contributed by atoms with van der Waals surface area (Å²) in [6.07, 6.45) is 35.0. The Bertz CT molecular complexity index is 154. The van der Waals surface area contributed by atoms with Gasteiger partial charge in [0.15, 0.2) is 0 Å². The van der Waals surface area contributed by atoms with Crippen molar-refractivity contribution in [1.82, 2.24) is 0 Å². The van der Waals surface area contributed by atoms with E-state index in [4.69, 9.17) is 0 Å². The smallest absolute Gasteiger partial charge is 0.0533 e. The van der Waals surface area contributed by atoms with E-state index in [9.17, 15) is 0 Å². The highest BCUT2D eigenvalue weighted by molar-refractivity contribution is 4.38. The van der Waals surface area contributed by atoms with Crippen LogP contribution in [-0.4, -0.2) is 0 Å². The minimum absolute atomic E-state index is 1.36. The third-order valence-corrected chi connectivity index (χ3v) is 6.04. The van der Waals surface area contributed by atoms with Crippen LogP contribution in [0.25, 0.3) is 0 Å². The molecule has 0 aromatic heterocycles. The molecule has 0 heterocycles. The lowest BCUT2D eigenvalue weighted by molar-refractivity contribution is 0.656. The summed E-state index contributed by atoms with van der Waals surface area (Å²) in [6.45, 7) is 22.5. The molecule has 0 aromatic rings. The fourth-order valence-electron chi connectivity index (χ4n) is 3.38. The average Bonchev–Trinajstić information content (AvgIpc) is 2.87. The fourth-order valence-corrected chi connectivity index (χ4v) is 3.38. The fraction of sp³-hybridized carbons (Fsp3) is 1.00. The summed E-state index contributed by atoms with van der Waals surface area (Å²) < 4.78 is 0. The van der Waals surface area contributed by atoms with Crippen molar-refractivity contribution in [3.05, 3.63) is 0 Å². The summed E-state index contributed by atoms with van der Waals surface area (Å²) in [6, 6.07) is 0. The Morgan fingerprint density at radius 1 is 0.143 bits per heavy atom. The molecule has 0 aliphatic rings. The van der Waals surface area contributed by atoms with Crippen LogP contribution < -0.4 is 0 Å². The first-order valence-corrected chi connectivity index (χ1v) is 17.1. The van der Waals surface area contributed by atoms with Crippen LogP contribution in [-0.2, 0) is 0 Å². The highest BCUT2D eigenvalue weighted by atomic mass is 13.9. The molecule has 0 rings (SSSR count). The summed E-state index contributed by atoms with van der Waals surface area (Å²) in [5.74, 6) is 0. The third-order valence-electron chi connectivity index (χ3n) is 6.04. The SMILES string of the molecule is CCCCCCC.CCCCCCC.CCCCCCC.CCCCCCC.CCCCCCC. The number of unbranched alkanes of at least 4 members (excludes halogenated alkanes) is 20. The van der Waals surface area contributed by atoms with Crippen LogP contribution in [0.4, 0.5) is 0 Å². The Morgan fingerprint density at radius 2 is 0.229 bits per heavy atom. The van der Waals surface area contributed by atoms with Crippen molar-refractivity contribution in [3.8, 4) is 0 Å². The van der Waals surface area contributed by atoms with Crippen molar-refractivity contribution in [2.24, 2.45) is 0 Å². The maximum absolute atomic E-state index is 2.25. The summed E-state index contributed by atoms with van der Waals surface area (Å²) in [4.78, 5) is 0. The van der Waals surface area contributed by atoms with Crippen LogP contribution in [0, 0.1) is 0 Å². The van der Waals surface area contributed by atoms with E-state index in [2.05, 4.69) is 69.2 Å². The van der Waals surface area contributed by atoms with Crippen molar-refractivity contribution in [2.45, 2.75) is 230 Å². The summed E-state index contributed by atoms with van der Waals surface area (Å²) in [5.41, 5.74) is 0. The van der Waals surface area contributed by atoms with Crippen molar-refractivity contribution >= 4 is 0 Å². The van der Waals surface area contributed by atoms with E-state index < -0.39 is 0 Å². The molecule has 0 aliphatic heterocycles. The van der Waals surface area contributed by atoms with Gasteiger partial charge in [0.25, 0.3) is 0 Å². The molecular formula is C35H80. The molecule has 0 saturated heterocycles. The second kappa shape index (κ2) is 59.2.